The highest BCUT2D eigenvalue weighted by atomic mass is 127. The fourth-order valence-corrected chi connectivity index (χ4v) is 4.08. The van der Waals surface area contributed by atoms with Crippen molar-refractivity contribution >= 4 is 46.0 Å². The van der Waals surface area contributed by atoms with E-state index in [0.29, 0.717) is 5.69 Å². The van der Waals surface area contributed by atoms with Crippen LogP contribution in [-0.2, 0) is 16.1 Å². The third-order valence-corrected chi connectivity index (χ3v) is 6.14. The van der Waals surface area contributed by atoms with Crippen molar-refractivity contribution in [2.45, 2.75) is 25.9 Å². The Morgan fingerprint density at radius 3 is 2.34 bits per heavy atom. The summed E-state index contributed by atoms with van der Waals surface area (Å²) < 4.78 is 15.4. The molecule has 3 aromatic rings. The second kappa shape index (κ2) is 9.20. The largest absolute Gasteiger partial charge is 0.322 e. The van der Waals surface area contributed by atoms with Crippen LogP contribution in [0.5, 0.6) is 0 Å². The van der Waals surface area contributed by atoms with Gasteiger partial charge in [-0.2, -0.15) is 0 Å². The minimum absolute atomic E-state index is 0.0810. The van der Waals surface area contributed by atoms with Crippen molar-refractivity contribution in [3.8, 4) is 0 Å². The molecular formula is C25H20FIN2O3. The molecule has 1 saturated heterocycles. The van der Waals surface area contributed by atoms with Gasteiger partial charge < -0.3 is 4.90 Å². The van der Waals surface area contributed by atoms with Gasteiger partial charge in [0.2, 0.25) is 5.91 Å². The van der Waals surface area contributed by atoms with Gasteiger partial charge >= 0.3 is 0 Å². The Bertz CT molecular complexity index is 1180. The summed E-state index contributed by atoms with van der Waals surface area (Å²) in [5, 5.41) is 0. The van der Waals surface area contributed by atoms with Gasteiger partial charge in [-0.15, -0.1) is 0 Å². The van der Waals surface area contributed by atoms with Crippen LogP contribution < -0.4 is 4.90 Å². The van der Waals surface area contributed by atoms with Crippen LogP contribution in [0.4, 0.5) is 10.1 Å². The fourth-order valence-electron chi connectivity index (χ4n) is 3.72. The molecule has 32 heavy (non-hydrogen) atoms. The van der Waals surface area contributed by atoms with Gasteiger partial charge in [-0.25, -0.2) is 9.29 Å². The first-order valence-corrected chi connectivity index (χ1v) is 11.2. The highest BCUT2D eigenvalue weighted by Crippen LogP contribution is 2.28. The Hall–Kier alpha value is -3.07. The number of aryl methyl sites for hydroxylation is 1. The van der Waals surface area contributed by atoms with E-state index in [1.54, 1.807) is 30.3 Å². The lowest BCUT2D eigenvalue weighted by molar-refractivity contribution is -0.122. The van der Waals surface area contributed by atoms with E-state index in [2.05, 4.69) is 22.6 Å². The predicted octanol–water partition coefficient (Wildman–Crippen LogP) is 4.71. The van der Waals surface area contributed by atoms with Gasteiger partial charge in [0.05, 0.1) is 17.7 Å². The minimum atomic E-state index is -1.02. The van der Waals surface area contributed by atoms with E-state index in [0.717, 1.165) is 19.6 Å². The fraction of sp³-hybridized carbons (Fsp3) is 0.160. The number of nitrogens with zero attached hydrogens (tertiary/aromatic N) is 2. The highest BCUT2D eigenvalue weighted by Gasteiger charge is 2.44. The number of imide groups is 1. The number of benzene rings is 3. The van der Waals surface area contributed by atoms with E-state index in [4.69, 9.17) is 0 Å². The van der Waals surface area contributed by atoms with Gasteiger partial charge in [0.25, 0.3) is 11.8 Å². The third kappa shape index (κ3) is 4.43. The van der Waals surface area contributed by atoms with E-state index < -0.39 is 29.6 Å². The highest BCUT2D eigenvalue weighted by molar-refractivity contribution is 14.1. The van der Waals surface area contributed by atoms with Gasteiger partial charge in [-0.1, -0.05) is 42.0 Å². The Labute approximate surface area is 199 Å². The molecule has 0 bridgehead atoms. The molecule has 4 rings (SSSR count). The molecule has 1 heterocycles. The zero-order chi connectivity index (χ0) is 22.8. The van der Waals surface area contributed by atoms with Crippen LogP contribution in [0.3, 0.4) is 0 Å². The van der Waals surface area contributed by atoms with Crippen molar-refractivity contribution in [3.05, 3.63) is 98.9 Å². The predicted molar refractivity (Wildman–Crippen MR) is 128 cm³/mol. The number of carbonyl (C=O) groups excluding carboxylic acids is 3. The average Bonchev–Trinajstić information content (AvgIpc) is 3.07. The van der Waals surface area contributed by atoms with Crippen molar-refractivity contribution in [1.29, 1.82) is 0 Å². The maximum atomic E-state index is 14.4. The summed E-state index contributed by atoms with van der Waals surface area (Å²) in [5.74, 6) is -2.18. The van der Waals surface area contributed by atoms with E-state index in [1.165, 1.54) is 23.1 Å². The zero-order valence-corrected chi connectivity index (χ0v) is 19.5. The number of carbonyl (C=O) groups is 3. The zero-order valence-electron chi connectivity index (χ0n) is 17.3. The quantitative estimate of drug-likeness (QED) is 0.347. The number of halogens is 2. The lowest BCUT2D eigenvalue weighted by atomic mass is 10.1. The Morgan fingerprint density at radius 2 is 1.69 bits per heavy atom. The molecule has 1 fully saturated rings. The van der Waals surface area contributed by atoms with Crippen molar-refractivity contribution in [2.24, 2.45) is 0 Å². The summed E-state index contributed by atoms with van der Waals surface area (Å²) in [6, 6.07) is 19.2. The lowest BCUT2D eigenvalue weighted by Gasteiger charge is -2.28. The van der Waals surface area contributed by atoms with Crippen LogP contribution >= 0.6 is 22.6 Å². The molecule has 1 aliphatic heterocycles. The van der Waals surface area contributed by atoms with E-state index in [9.17, 15) is 18.8 Å². The summed E-state index contributed by atoms with van der Waals surface area (Å²) in [5.41, 5.74) is 2.16. The van der Waals surface area contributed by atoms with Crippen LogP contribution in [0.25, 0.3) is 0 Å². The van der Waals surface area contributed by atoms with Crippen LogP contribution in [0.2, 0.25) is 0 Å². The number of amides is 3. The van der Waals surface area contributed by atoms with E-state index in [1.807, 2.05) is 31.2 Å². The molecule has 1 unspecified atom stereocenters. The SMILES string of the molecule is Cc1ccc(CN(C(=O)c2ccccc2F)C2CC(=O)N(c3ccc(I)cc3)C2=O)cc1. The van der Waals surface area contributed by atoms with Crippen LogP contribution in [-0.4, -0.2) is 28.7 Å². The summed E-state index contributed by atoms with van der Waals surface area (Å²) in [6.45, 7) is 2.03. The van der Waals surface area contributed by atoms with Crippen molar-refractivity contribution < 1.29 is 18.8 Å². The van der Waals surface area contributed by atoms with Crippen LogP contribution in [0, 0.1) is 16.3 Å². The summed E-state index contributed by atoms with van der Waals surface area (Å²) in [4.78, 5) is 41.9. The Morgan fingerprint density at radius 1 is 1.03 bits per heavy atom. The van der Waals surface area contributed by atoms with Crippen LogP contribution in [0.15, 0.2) is 72.8 Å². The molecule has 0 radical (unpaired) electrons. The monoisotopic (exact) mass is 542 g/mol. The first-order chi connectivity index (χ1) is 15.3. The van der Waals surface area contributed by atoms with Gasteiger partial charge in [0.1, 0.15) is 11.9 Å². The molecule has 1 aliphatic rings. The minimum Gasteiger partial charge on any atom is -0.322 e. The molecule has 3 amide bonds. The maximum Gasteiger partial charge on any atom is 0.257 e. The molecule has 0 saturated carbocycles. The van der Waals surface area contributed by atoms with Crippen LogP contribution in [0.1, 0.15) is 27.9 Å². The average molecular weight is 542 g/mol. The van der Waals surface area contributed by atoms with E-state index in [-0.39, 0.29) is 18.5 Å². The summed E-state index contributed by atoms with van der Waals surface area (Å²) in [6.07, 6.45) is -0.156. The smallest absolute Gasteiger partial charge is 0.257 e. The molecular weight excluding hydrogens is 522 g/mol. The lowest BCUT2D eigenvalue weighted by Crippen LogP contribution is -2.45. The first-order valence-electron chi connectivity index (χ1n) is 10.1. The van der Waals surface area contributed by atoms with E-state index >= 15 is 0 Å². The van der Waals surface area contributed by atoms with Crippen molar-refractivity contribution in [3.63, 3.8) is 0 Å². The van der Waals surface area contributed by atoms with Gasteiger partial charge in [0, 0.05) is 10.1 Å². The Kier molecular flexibility index (Phi) is 6.36. The normalized spacial score (nSPS) is 15.8. The second-order valence-electron chi connectivity index (χ2n) is 7.66. The molecule has 3 aromatic carbocycles. The standard InChI is InChI=1S/C25H20FIN2O3/c1-16-6-8-17(9-7-16)15-28(24(31)20-4-2-3-5-21(20)26)22-14-23(30)29(25(22)32)19-12-10-18(27)11-13-19/h2-13,22H,14-15H2,1H3. The summed E-state index contributed by atoms with van der Waals surface area (Å²) in [7, 11) is 0. The van der Waals surface area contributed by atoms with Gasteiger partial charge in [-0.3, -0.25) is 14.4 Å². The maximum absolute atomic E-state index is 14.4. The topological polar surface area (TPSA) is 57.7 Å². The van der Waals surface area contributed by atoms with Crippen molar-refractivity contribution in [1.82, 2.24) is 4.90 Å². The molecule has 0 N–H and O–H groups in total. The summed E-state index contributed by atoms with van der Waals surface area (Å²) >= 11 is 2.14. The molecule has 0 aliphatic carbocycles. The third-order valence-electron chi connectivity index (χ3n) is 5.42. The molecule has 1 atom stereocenters. The first kappa shape index (κ1) is 22.1. The van der Waals surface area contributed by atoms with Gasteiger partial charge in [0.15, 0.2) is 0 Å². The molecule has 5 nitrogen and oxygen atoms in total. The number of anilines is 1. The van der Waals surface area contributed by atoms with Crippen molar-refractivity contribution in [2.75, 3.05) is 4.90 Å². The molecule has 7 heteroatoms. The molecule has 0 aromatic heterocycles. The molecule has 162 valence electrons. The molecule has 0 spiro atoms. The van der Waals surface area contributed by atoms with Gasteiger partial charge in [-0.05, 0) is 71.5 Å². The number of hydrogen-bond acceptors (Lipinski definition) is 3. The second-order valence-corrected chi connectivity index (χ2v) is 8.91. The number of rotatable bonds is 5. The number of hydrogen-bond donors (Lipinski definition) is 0. The Balaban J connectivity index is 1.70.